The Bertz CT molecular complexity index is 467. The molecule has 0 unspecified atom stereocenters. The Labute approximate surface area is 111 Å². The molecule has 0 radical (unpaired) electrons. The molecule has 19 heavy (non-hydrogen) atoms. The van der Waals surface area contributed by atoms with Crippen molar-refractivity contribution >= 4 is 11.7 Å². The summed E-state index contributed by atoms with van der Waals surface area (Å²) in [4.78, 5) is 16.3. The van der Waals surface area contributed by atoms with Crippen molar-refractivity contribution in [1.29, 1.82) is 0 Å². The van der Waals surface area contributed by atoms with Gasteiger partial charge in [-0.15, -0.1) is 0 Å². The number of hydrogen-bond donors (Lipinski definition) is 3. The first kappa shape index (κ1) is 13.3. The van der Waals surface area contributed by atoms with E-state index in [2.05, 4.69) is 15.5 Å². The second-order valence-corrected chi connectivity index (χ2v) is 4.81. The normalized spacial score (nSPS) is 18.2. The molecule has 1 aliphatic rings. The Kier molecular flexibility index (Phi) is 3.99. The van der Waals surface area contributed by atoms with Crippen LogP contribution < -0.4 is 11.1 Å². The molecule has 0 atom stereocenters. The molecule has 1 saturated carbocycles. The lowest BCUT2D eigenvalue weighted by atomic mass is 9.83. The number of aromatic nitrogens is 1. The zero-order valence-corrected chi connectivity index (χ0v) is 10.7. The molecule has 1 fully saturated rings. The number of carbonyl (C=O) groups is 1. The first-order valence-electron chi connectivity index (χ1n) is 6.34. The average Bonchev–Trinajstić information content (AvgIpc) is 2.96. The Morgan fingerprint density at radius 2 is 2.05 bits per heavy atom. The van der Waals surface area contributed by atoms with Gasteiger partial charge in [0.05, 0.1) is 0 Å². The minimum atomic E-state index is -0.845. The van der Waals surface area contributed by atoms with E-state index in [0.29, 0.717) is 19.4 Å². The van der Waals surface area contributed by atoms with Gasteiger partial charge in [0, 0.05) is 18.9 Å². The summed E-state index contributed by atoms with van der Waals surface area (Å²) in [5, 5.41) is 14.8. The van der Waals surface area contributed by atoms with Gasteiger partial charge in [-0.3, -0.25) is 9.78 Å². The number of nitrogens with two attached hydrogens (primary N) is 1. The summed E-state index contributed by atoms with van der Waals surface area (Å²) in [6, 6.07) is 3.68. The molecule has 1 aromatic rings. The lowest BCUT2D eigenvalue weighted by Gasteiger charge is -2.25. The predicted octanol–water partition coefficient (Wildman–Crippen LogP) is 1.00. The zero-order chi connectivity index (χ0) is 13.7. The molecule has 1 aromatic heterocycles. The average molecular weight is 262 g/mol. The van der Waals surface area contributed by atoms with Gasteiger partial charge in [-0.25, -0.2) is 0 Å². The van der Waals surface area contributed by atoms with Gasteiger partial charge in [0.25, 0.3) is 0 Å². The lowest BCUT2D eigenvalue weighted by Crippen LogP contribution is -2.48. The monoisotopic (exact) mass is 262 g/mol. The molecule has 6 nitrogen and oxygen atoms in total. The van der Waals surface area contributed by atoms with Gasteiger partial charge in [-0.05, 0) is 30.5 Å². The number of oxime groups is 1. The fourth-order valence-corrected chi connectivity index (χ4v) is 2.53. The number of nitrogens with one attached hydrogen (secondary N) is 1. The molecule has 0 bridgehead atoms. The number of pyridine rings is 1. The fraction of sp³-hybridized carbons (Fsp3) is 0.462. The molecule has 2 rings (SSSR count). The highest BCUT2D eigenvalue weighted by Gasteiger charge is 2.45. The van der Waals surface area contributed by atoms with Gasteiger partial charge in [0.2, 0.25) is 5.91 Å². The van der Waals surface area contributed by atoms with Crippen molar-refractivity contribution in [3.8, 4) is 0 Å². The van der Waals surface area contributed by atoms with Crippen LogP contribution in [0.15, 0.2) is 29.7 Å². The minimum Gasteiger partial charge on any atom is -0.409 e. The van der Waals surface area contributed by atoms with Crippen molar-refractivity contribution in [1.82, 2.24) is 10.3 Å². The highest BCUT2D eigenvalue weighted by Crippen LogP contribution is 2.38. The smallest absolute Gasteiger partial charge is 0.234 e. The Morgan fingerprint density at radius 3 is 2.63 bits per heavy atom. The Hall–Kier alpha value is -2.11. The van der Waals surface area contributed by atoms with E-state index in [-0.39, 0.29) is 11.7 Å². The molecule has 102 valence electrons. The lowest BCUT2D eigenvalue weighted by molar-refractivity contribution is -0.127. The second-order valence-electron chi connectivity index (χ2n) is 4.81. The maximum Gasteiger partial charge on any atom is 0.234 e. The van der Waals surface area contributed by atoms with Gasteiger partial charge in [0.1, 0.15) is 5.41 Å². The van der Waals surface area contributed by atoms with Gasteiger partial charge in [-0.1, -0.05) is 18.0 Å². The van der Waals surface area contributed by atoms with Gasteiger partial charge in [-0.2, -0.15) is 0 Å². The Balaban J connectivity index is 2.05. The van der Waals surface area contributed by atoms with Crippen LogP contribution in [-0.2, 0) is 11.3 Å². The molecule has 1 amide bonds. The molecule has 0 saturated heterocycles. The van der Waals surface area contributed by atoms with Crippen LogP contribution in [0.4, 0.5) is 0 Å². The summed E-state index contributed by atoms with van der Waals surface area (Å²) >= 11 is 0. The topological polar surface area (TPSA) is 101 Å². The Morgan fingerprint density at radius 1 is 1.42 bits per heavy atom. The molecule has 0 aliphatic heterocycles. The van der Waals surface area contributed by atoms with Crippen LogP contribution in [0.5, 0.6) is 0 Å². The summed E-state index contributed by atoms with van der Waals surface area (Å²) in [6.07, 6.45) is 6.45. The van der Waals surface area contributed by atoms with E-state index >= 15 is 0 Å². The van der Waals surface area contributed by atoms with Crippen molar-refractivity contribution in [2.45, 2.75) is 32.2 Å². The van der Waals surface area contributed by atoms with E-state index in [0.717, 1.165) is 18.4 Å². The zero-order valence-electron chi connectivity index (χ0n) is 10.7. The molecular formula is C13H18N4O2. The second kappa shape index (κ2) is 5.69. The van der Waals surface area contributed by atoms with E-state index in [1.807, 2.05) is 12.1 Å². The molecule has 1 aliphatic carbocycles. The number of hydrogen-bond acceptors (Lipinski definition) is 4. The van der Waals surface area contributed by atoms with Crippen molar-refractivity contribution in [2.24, 2.45) is 16.3 Å². The van der Waals surface area contributed by atoms with Crippen molar-refractivity contribution < 1.29 is 10.0 Å². The van der Waals surface area contributed by atoms with Gasteiger partial charge in [0.15, 0.2) is 5.84 Å². The summed E-state index contributed by atoms with van der Waals surface area (Å²) in [5.74, 6) is -0.158. The van der Waals surface area contributed by atoms with Crippen LogP contribution in [0, 0.1) is 5.41 Å². The maximum atomic E-state index is 12.3. The largest absolute Gasteiger partial charge is 0.409 e. The summed E-state index contributed by atoms with van der Waals surface area (Å²) in [5.41, 5.74) is 5.84. The number of nitrogens with zero attached hydrogens (tertiary/aromatic N) is 2. The molecule has 4 N–H and O–H groups in total. The van der Waals surface area contributed by atoms with Crippen molar-refractivity contribution in [3.05, 3.63) is 30.1 Å². The molecule has 0 spiro atoms. The van der Waals surface area contributed by atoms with Crippen LogP contribution in [0.3, 0.4) is 0 Å². The van der Waals surface area contributed by atoms with Crippen molar-refractivity contribution in [3.63, 3.8) is 0 Å². The van der Waals surface area contributed by atoms with E-state index in [1.165, 1.54) is 0 Å². The van der Waals surface area contributed by atoms with Gasteiger partial charge < -0.3 is 16.3 Å². The number of amidine groups is 1. The van der Waals surface area contributed by atoms with E-state index in [1.54, 1.807) is 12.4 Å². The SMILES string of the molecule is NC(=NO)C1(C(=O)NCc2ccncc2)CCCC1. The maximum absolute atomic E-state index is 12.3. The summed E-state index contributed by atoms with van der Waals surface area (Å²) in [6.45, 7) is 0.418. The minimum absolute atomic E-state index is 0.0113. The van der Waals surface area contributed by atoms with Crippen LogP contribution in [0.1, 0.15) is 31.2 Å². The predicted molar refractivity (Wildman–Crippen MR) is 70.4 cm³/mol. The standard InChI is InChI=1S/C13H18N4O2/c14-11(17-19)13(5-1-2-6-13)12(18)16-9-10-3-7-15-8-4-10/h3-4,7-8,19H,1-2,5-6,9H2,(H2,14,17)(H,16,18). The van der Waals surface area contributed by atoms with Crippen LogP contribution in [-0.4, -0.2) is 21.9 Å². The summed E-state index contributed by atoms with van der Waals surface area (Å²) in [7, 11) is 0. The first-order valence-corrected chi connectivity index (χ1v) is 6.34. The van der Waals surface area contributed by atoms with Gasteiger partial charge >= 0.3 is 0 Å². The van der Waals surface area contributed by atoms with Crippen LogP contribution in [0.2, 0.25) is 0 Å². The molecule has 0 aromatic carbocycles. The summed E-state index contributed by atoms with van der Waals surface area (Å²) < 4.78 is 0. The molecule has 1 heterocycles. The molecular weight excluding hydrogens is 244 g/mol. The highest BCUT2D eigenvalue weighted by atomic mass is 16.4. The van der Waals surface area contributed by atoms with Crippen LogP contribution >= 0.6 is 0 Å². The fourth-order valence-electron chi connectivity index (χ4n) is 2.53. The van der Waals surface area contributed by atoms with E-state index < -0.39 is 5.41 Å². The molecule has 6 heteroatoms. The third-order valence-corrected chi connectivity index (χ3v) is 3.69. The number of rotatable bonds is 4. The van der Waals surface area contributed by atoms with E-state index in [9.17, 15) is 4.79 Å². The highest BCUT2D eigenvalue weighted by molar-refractivity contribution is 6.07. The third kappa shape index (κ3) is 2.67. The van der Waals surface area contributed by atoms with E-state index in [4.69, 9.17) is 10.9 Å². The first-order chi connectivity index (χ1) is 9.19. The van der Waals surface area contributed by atoms with Crippen molar-refractivity contribution in [2.75, 3.05) is 0 Å². The third-order valence-electron chi connectivity index (χ3n) is 3.69. The quantitative estimate of drug-likeness (QED) is 0.326. The van der Waals surface area contributed by atoms with Crippen LogP contribution in [0.25, 0.3) is 0 Å². The number of amides is 1. The number of carbonyl (C=O) groups excluding carboxylic acids is 1.